The van der Waals surface area contributed by atoms with Gasteiger partial charge in [0.15, 0.2) is 0 Å². The molecule has 10 heteroatoms. The molecule has 0 aromatic heterocycles. The minimum Gasteiger partial charge on any atom is -0.491 e. The van der Waals surface area contributed by atoms with Crippen LogP contribution in [0.3, 0.4) is 0 Å². The number of hydrogen-bond donors (Lipinski definition) is 2. The molecule has 1 aliphatic heterocycles. The number of amides is 4. The zero-order valence-electron chi connectivity index (χ0n) is 24.6. The highest BCUT2D eigenvalue weighted by molar-refractivity contribution is 5.99. The number of rotatable bonds is 7. The summed E-state index contributed by atoms with van der Waals surface area (Å²) in [5.41, 5.74) is 1.25. The van der Waals surface area contributed by atoms with E-state index in [1.807, 2.05) is 45.0 Å². The highest BCUT2D eigenvalue weighted by Gasteiger charge is 2.29. The lowest BCUT2D eigenvalue weighted by atomic mass is 10.0. The summed E-state index contributed by atoms with van der Waals surface area (Å²) in [6, 6.07) is 12.7. The van der Waals surface area contributed by atoms with Gasteiger partial charge in [-0.15, -0.1) is 0 Å². The zero-order chi connectivity index (χ0) is 29.9. The fourth-order valence-electron chi connectivity index (χ4n) is 4.56. The Morgan fingerprint density at radius 2 is 1.80 bits per heavy atom. The van der Waals surface area contributed by atoms with Crippen LogP contribution in [0.2, 0.25) is 0 Å². The molecule has 2 aromatic rings. The summed E-state index contributed by atoms with van der Waals surface area (Å²) in [6.07, 6.45) is 0.482. The van der Waals surface area contributed by atoms with Crippen molar-refractivity contribution in [2.24, 2.45) is 5.92 Å². The van der Waals surface area contributed by atoms with E-state index in [1.165, 1.54) is 9.80 Å². The van der Waals surface area contributed by atoms with Crippen molar-refractivity contribution in [3.63, 3.8) is 0 Å². The minimum absolute atomic E-state index is 0.0476. The Hall–Kier alpha value is -4.08. The SMILES string of the molecule is Cc1ccccc1OCCN(C)C(=O)[C@@H]1CCC(=O)N[C@H](CC(C)C)C(=O)N(C)CCOc2ccccc2C(=O)N1. The van der Waals surface area contributed by atoms with Crippen molar-refractivity contribution in [3.8, 4) is 11.5 Å². The number of para-hydroxylation sites is 2. The summed E-state index contributed by atoms with van der Waals surface area (Å²) in [5, 5.41) is 5.66. The maximum absolute atomic E-state index is 13.5. The summed E-state index contributed by atoms with van der Waals surface area (Å²) < 4.78 is 11.7. The standard InChI is InChI=1S/C31H42N4O6/c1-21(2)20-25-31(39)35(5)17-19-41-27-13-9-7-11-23(27)29(37)33-24(14-15-28(36)32-25)30(38)34(4)16-18-40-26-12-8-6-10-22(26)3/h6-13,21,24-25H,14-20H2,1-5H3,(H,32,36)(H,33,37)/t24-,25+/m0/s1. The van der Waals surface area contributed by atoms with Crippen LogP contribution in [0.4, 0.5) is 0 Å². The molecule has 1 aliphatic rings. The maximum atomic E-state index is 13.5. The van der Waals surface area contributed by atoms with Gasteiger partial charge in [-0.2, -0.15) is 0 Å². The molecule has 1 heterocycles. The van der Waals surface area contributed by atoms with Gasteiger partial charge in [0.1, 0.15) is 36.8 Å². The molecule has 0 saturated heterocycles. The molecule has 0 unspecified atom stereocenters. The van der Waals surface area contributed by atoms with Crippen molar-refractivity contribution in [3.05, 3.63) is 59.7 Å². The van der Waals surface area contributed by atoms with Crippen molar-refractivity contribution in [1.29, 1.82) is 0 Å². The summed E-state index contributed by atoms with van der Waals surface area (Å²) in [7, 11) is 3.30. The van der Waals surface area contributed by atoms with Crippen molar-refractivity contribution in [2.45, 2.75) is 52.1 Å². The molecular weight excluding hydrogens is 524 g/mol. The van der Waals surface area contributed by atoms with Gasteiger partial charge < -0.3 is 29.9 Å². The highest BCUT2D eigenvalue weighted by Crippen LogP contribution is 2.20. The molecule has 41 heavy (non-hydrogen) atoms. The van der Waals surface area contributed by atoms with Gasteiger partial charge in [0.05, 0.1) is 18.7 Å². The third kappa shape index (κ3) is 9.23. The number of benzene rings is 2. The second kappa shape index (κ2) is 15.1. The highest BCUT2D eigenvalue weighted by atomic mass is 16.5. The number of carbonyl (C=O) groups excluding carboxylic acids is 4. The van der Waals surface area contributed by atoms with E-state index in [0.717, 1.165) is 11.3 Å². The molecule has 222 valence electrons. The lowest BCUT2D eigenvalue weighted by molar-refractivity contribution is -0.136. The molecule has 2 atom stereocenters. The third-order valence-electron chi connectivity index (χ3n) is 6.95. The van der Waals surface area contributed by atoms with E-state index in [0.29, 0.717) is 12.2 Å². The molecule has 0 fully saturated rings. The van der Waals surface area contributed by atoms with Gasteiger partial charge in [-0.1, -0.05) is 44.2 Å². The van der Waals surface area contributed by atoms with Crippen molar-refractivity contribution in [2.75, 3.05) is 40.4 Å². The largest absolute Gasteiger partial charge is 0.491 e. The predicted molar refractivity (Wildman–Crippen MR) is 156 cm³/mol. The van der Waals surface area contributed by atoms with Gasteiger partial charge in [-0.25, -0.2) is 0 Å². The van der Waals surface area contributed by atoms with Crippen LogP contribution in [-0.4, -0.2) is 85.9 Å². The average molecular weight is 567 g/mol. The first-order chi connectivity index (χ1) is 19.6. The Balaban J connectivity index is 1.79. The number of aryl methyl sites for hydroxylation is 1. The zero-order valence-corrected chi connectivity index (χ0v) is 24.6. The van der Waals surface area contributed by atoms with Crippen LogP contribution < -0.4 is 20.1 Å². The van der Waals surface area contributed by atoms with E-state index in [4.69, 9.17) is 9.47 Å². The summed E-state index contributed by atoms with van der Waals surface area (Å²) in [5.74, 6) is -0.153. The Kier molecular flexibility index (Phi) is 11.6. The second-order valence-corrected chi connectivity index (χ2v) is 10.8. The van der Waals surface area contributed by atoms with E-state index < -0.39 is 18.0 Å². The molecule has 0 aliphatic carbocycles. The topological polar surface area (TPSA) is 117 Å². The van der Waals surface area contributed by atoms with Crippen LogP contribution in [-0.2, 0) is 14.4 Å². The van der Waals surface area contributed by atoms with Crippen LogP contribution >= 0.6 is 0 Å². The van der Waals surface area contributed by atoms with E-state index in [1.54, 1.807) is 38.4 Å². The number of carbonyl (C=O) groups is 4. The Morgan fingerprint density at radius 1 is 1.10 bits per heavy atom. The quantitative estimate of drug-likeness (QED) is 0.532. The van der Waals surface area contributed by atoms with Gasteiger partial charge in [0.25, 0.3) is 5.91 Å². The summed E-state index contributed by atoms with van der Waals surface area (Å²) >= 11 is 0. The summed E-state index contributed by atoms with van der Waals surface area (Å²) in [4.78, 5) is 56.0. The first-order valence-electron chi connectivity index (χ1n) is 14.1. The monoisotopic (exact) mass is 566 g/mol. The maximum Gasteiger partial charge on any atom is 0.255 e. The molecule has 2 N–H and O–H groups in total. The minimum atomic E-state index is -0.975. The van der Waals surface area contributed by atoms with Crippen LogP contribution in [0.25, 0.3) is 0 Å². The number of nitrogens with zero attached hydrogens (tertiary/aromatic N) is 2. The molecule has 2 aromatic carbocycles. The van der Waals surface area contributed by atoms with E-state index in [2.05, 4.69) is 10.6 Å². The van der Waals surface area contributed by atoms with Gasteiger partial charge in [0.2, 0.25) is 17.7 Å². The normalized spacial score (nSPS) is 18.8. The number of nitrogens with one attached hydrogen (secondary N) is 2. The lowest BCUT2D eigenvalue weighted by Gasteiger charge is -2.26. The molecule has 0 spiro atoms. The molecule has 0 saturated carbocycles. The lowest BCUT2D eigenvalue weighted by Crippen LogP contribution is -2.50. The van der Waals surface area contributed by atoms with E-state index in [9.17, 15) is 19.2 Å². The van der Waals surface area contributed by atoms with Crippen LogP contribution in [0.5, 0.6) is 11.5 Å². The van der Waals surface area contributed by atoms with Crippen LogP contribution in [0, 0.1) is 12.8 Å². The van der Waals surface area contributed by atoms with Gasteiger partial charge in [-0.3, -0.25) is 19.2 Å². The Morgan fingerprint density at radius 3 is 2.54 bits per heavy atom. The number of fused-ring (bicyclic) bond motifs is 1. The van der Waals surface area contributed by atoms with Gasteiger partial charge in [-0.05, 0) is 49.4 Å². The van der Waals surface area contributed by atoms with E-state index >= 15 is 0 Å². The molecule has 4 amide bonds. The van der Waals surface area contributed by atoms with Crippen LogP contribution in [0.15, 0.2) is 48.5 Å². The fourth-order valence-corrected chi connectivity index (χ4v) is 4.56. The Labute approximate surface area is 242 Å². The number of ether oxygens (including phenoxy) is 2. The van der Waals surface area contributed by atoms with Crippen molar-refractivity contribution < 1.29 is 28.7 Å². The van der Waals surface area contributed by atoms with Gasteiger partial charge in [0, 0.05) is 20.5 Å². The second-order valence-electron chi connectivity index (χ2n) is 10.8. The molecule has 0 bridgehead atoms. The summed E-state index contributed by atoms with van der Waals surface area (Å²) in [6.45, 7) is 6.88. The Bertz CT molecular complexity index is 1220. The number of hydrogen-bond acceptors (Lipinski definition) is 6. The van der Waals surface area contributed by atoms with Crippen molar-refractivity contribution in [1.82, 2.24) is 20.4 Å². The molecule has 3 rings (SSSR count). The first kappa shape index (κ1) is 31.4. The molecule has 10 nitrogen and oxygen atoms in total. The van der Waals surface area contributed by atoms with E-state index in [-0.39, 0.29) is 68.3 Å². The molecular formula is C31H42N4O6. The number of likely N-dealkylation sites (N-methyl/N-ethyl adjacent to an activating group) is 2. The fraction of sp³-hybridized carbons (Fsp3) is 0.484. The molecule has 0 radical (unpaired) electrons. The van der Waals surface area contributed by atoms with Crippen molar-refractivity contribution >= 4 is 23.6 Å². The smallest absolute Gasteiger partial charge is 0.255 e. The predicted octanol–water partition coefficient (Wildman–Crippen LogP) is 2.79. The van der Waals surface area contributed by atoms with Crippen LogP contribution in [0.1, 0.15) is 49.0 Å². The average Bonchev–Trinajstić information content (AvgIpc) is 2.94. The van der Waals surface area contributed by atoms with Gasteiger partial charge >= 0.3 is 0 Å². The first-order valence-corrected chi connectivity index (χ1v) is 14.1. The third-order valence-corrected chi connectivity index (χ3v) is 6.95.